The Balaban J connectivity index is 1.71. The van der Waals surface area contributed by atoms with E-state index in [0.29, 0.717) is 0 Å². The van der Waals surface area contributed by atoms with Gasteiger partial charge in [0.25, 0.3) is 5.91 Å². The van der Waals surface area contributed by atoms with E-state index < -0.39 is 12.0 Å². The van der Waals surface area contributed by atoms with Crippen LogP contribution >= 0.6 is 0 Å². The summed E-state index contributed by atoms with van der Waals surface area (Å²) < 4.78 is 0. The molecule has 2 amide bonds. The molecule has 0 spiro atoms. The van der Waals surface area contributed by atoms with Gasteiger partial charge in [0.05, 0.1) is 12.0 Å². The highest BCUT2D eigenvalue weighted by Gasteiger charge is 2.55. The molecule has 6 rings (SSSR count). The summed E-state index contributed by atoms with van der Waals surface area (Å²) in [5.41, 5.74) is 1.02. The topological polar surface area (TPSA) is 58.6 Å². The summed E-state index contributed by atoms with van der Waals surface area (Å²) in [4.78, 5) is 30.3. The summed E-state index contributed by atoms with van der Waals surface area (Å²) in [5, 5.41) is 11.1. The van der Waals surface area contributed by atoms with Crippen LogP contribution in [0.1, 0.15) is 11.6 Å². The van der Waals surface area contributed by atoms with Gasteiger partial charge in [-0.3, -0.25) is 19.7 Å². The van der Waals surface area contributed by atoms with E-state index in [1.807, 2.05) is 6.07 Å². The highest BCUT2D eigenvalue weighted by atomic mass is 16.7. The molecule has 27 heavy (non-hydrogen) atoms. The van der Waals surface area contributed by atoms with E-state index in [0.717, 1.165) is 16.3 Å². The third kappa shape index (κ3) is 1.85. The number of fused-ring (bicyclic) bond motifs is 1. The third-order valence-corrected chi connectivity index (χ3v) is 6.00. The Bertz CT molecular complexity index is 1260. The minimum atomic E-state index is -0.749. The van der Waals surface area contributed by atoms with Gasteiger partial charge in [-0.1, -0.05) is 48.5 Å². The first kappa shape index (κ1) is 15.1. The number of rotatable bonds is 1. The minimum Gasteiger partial charge on any atom is -0.294 e. The van der Waals surface area contributed by atoms with Crippen LogP contribution in [0, 0.1) is 5.92 Å². The van der Waals surface area contributed by atoms with Crippen LogP contribution in [-0.2, 0) is 14.4 Å². The van der Waals surface area contributed by atoms with Gasteiger partial charge in [0.15, 0.2) is 6.10 Å². The predicted octanol–water partition coefficient (Wildman–Crippen LogP) is 3.14. The van der Waals surface area contributed by atoms with E-state index in [1.165, 1.54) is 21.5 Å². The number of hydrogen-bond acceptors (Lipinski definition) is 4. The molecule has 0 radical (unpaired) electrons. The highest BCUT2D eigenvalue weighted by Crippen LogP contribution is 2.46. The number of benzene rings is 4. The number of carbonyl (C=O) groups is 2. The molecule has 2 saturated heterocycles. The van der Waals surface area contributed by atoms with Gasteiger partial charge >= 0.3 is 0 Å². The second-order valence-electron chi connectivity index (χ2n) is 7.41. The standard InChI is InChI=1S/C22H16N2O3/c1-24-19(18-20(27-24)22(26)23-21(18)25)15-10-13-6-2-4-11-8-9-12-5-3-7-14(15)17(12)16(11)13/h2-10,18-20H,1H3,(H,23,25,26)/t18-,19-,20+/m0/s1. The first-order valence-corrected chi connectivity index (χ1v) is 9.04. The van der Waals surface area contributed by atoms with E-state index in [9.17, 15) is 9.59 Å². The zero-order chi connectivity index (χ0) is 18.3. The van der Waals surface area contributed by atoms with E-state index in [4.69, 9.17) is 4.84 Å². The fourth-order valence-corrected chi connectivity index (χ4v) is 4.89. The van der Waals surface area contributed by atoms with Crippen molar-refractivity contribution in [2.45, 2.75) is 12.1 Å². The highest BCUT2D eigenvalue weighted by molar-refractivity contribution is 6.24. The fourth-order valence-electron chi connectivity index (χ4n) is 4.89. The van der Waals surface area contributed by atoms with Crippen LogP contribution in [0.25, 0.3) is 32.3 Å². The summed E-state index contributed by atoms with van der Waals surface area (Å²) in [6.45, 7) is 0. The summed E-state index contributed by atoms with van der Waals surface area (Å²) in [6.07, 6.45) is -0.749. The van der Waals surface area contributed by atoms with Crippen molar-refractivity contribution in [3.63, 3.8) is 0 Å². The lowest BCUT2D eigenvalue weighted by atomic mass is 9.84. The predicted molar refractivity (Wildman–Crippen MR) is 102 cm³/mol. The molecule has 0 unspecified atom stereocenters. The van der Waals surface area contributed by atoms with Gasteiger partial charge in [-0.15, -0.1) is 0 Å². The Labute approximate surface area is 154 Å². The van der Waals surface area contributed by atoms with Gasteiger partial charge in [-0.25, -0.2) is 0 Å². The molecule has 4 aromatic rings. The number of nitrogens with one attached hydrogen (secondary N) is 1. The van der Waals surface area contributed by atoms with Gasteiger partial charge in [-0.05, 0) is 43.9 Å². The number of carbonyl (C=O) groups excluding carboxylic acids is 2. The molecule has 0 saturated carbocycles. The molecule has 132 valence electrons. The van der Waals surface area contributed by atoms with Crippen molar-refractivity contribution in [3.8, 4) is 0 Å². The molecule has 5 nitrogen and oxygen atoms in total. The van der Waals surface area contributed by atoms with Gasteiger partial charge in [-0.2, -0.15) is 5.06 Å². The maximum Gasteiger partial charge on any atom is 0.258 e. The summed E-state index contributed by atoms with van der Waals surface area (Å²) in [5.74, 6) is -1.14. The van der Waals surface area contributed by atoms with Crippen molar-refractivity contribution in [1.82, 2.24) is 10.4 Å². The molecule has 2 fully saturated rings. The summed E-state index contributed by atoms with van der Waals surface area (Å²) in [7, 11) is 1.80. The number of hydroxylamine groups is 2. The molecule has 0 aliphatic carbocycles. The Hall–Kier alpha value is -3.02. The fraction of sp³-hybridized carbons (Fsp3) is 0.182. The lowest BCUT2D eigenvalue weighted by Crippen LogP contribution is -2.31. The monoisotopic (exact) mass is 356 g/mol. The molecule has 5 heteroatoms. The van der Waals surface area contributed by atoms with Crippen LogP contribution < -0.4 is 5.32 Å². The van der Waals surface area contributed by atoms with Gasteiger partial charge in [0.1, 0.15) is 0 Å². The number of imide groups is 1. The Kier molecular flexibility index (Phi) is 2.81. The van der Waals surface area contributed by atoms with Crippen LogP contribution in [0.5, 0.6) is 0 Å². The van der Waals surface area contributed by atoms with E-state index >= 15 is 0 Å². The van der Waals surface area contributed by atoms with Crippen LogP contribution in [0.4, 0.5) is 0 Å². The van der Waals surface area contributed by atoms with Gasteiger partial charge in [0, 0.05) is 7.05 Å². The largest absolute Gasteiger partial charge is 0.294 e. The van der Waals surface area contributed by atoms with E-state index in [-0.39, 0.29) is 17.9 Å². The summed E-state index contributed by atoms with van der Waals surface area (Å²) in [6, 6.07) is 18.6. The molecule has 4 aromatic carbocycles. The molecule has 3 atom stereocenters. The average molecular weight is 356 g/mol. The minimum absolute atomic E-state index is 0.260. The van der Waals surface area contributed by atoms with Crippen molar-refractivity contribution in [2.75, 3.05) is 7.05 Å². The molecule has 2 aliphatic heterocycles. The van der Waals surface area contributed by atoms with Gasteiger partial charge < -0.3 is 0 Å². The van der Waals surface area contributed by atoms with Crippen LogP contribution in [-0.4, -0.2) is 30.0 Å². The van der Waals surface area contributed by atoms with Crippen LogP contribution in [0.2, 0.25) is 0 Å². The SMILES string of the molecule is CN1O[C@H]2C(=O)NC(=O)[C@H]2[C@@H]1c1cc2cccc3ccc4cccc1c4c32. The maximum atomic E-state index is 12.5. The average Bonchev–Trinajstić information content (AvgIpc) is 3.15. The van der Waals surface area contributed by atoms with Crippen molar-refractivity contribution in [1.29, 1.82) is 0 Å². The maximum absolute atomic E-state index is 12.5. The first-order valence-electron chi connectivity index (χ1n) is 9.04. The molecular weight excluding hydrogens is 340 g/mol. The Morgan fingerprint density at radius 1 is 0.889 bits per heavy atom. The lowest BCUT2D eigenvalue weighted by Gasteiger charge is -2.24. The number of amides is 2. The normalized spacial score (nSPS) is 25.7. The van der Waals surface area contributed by atoms with Crippen LogP contribution in [0.3, 0.4) is 0 Å². The zero-order valence-electron chi connectivity index (χ0n) is 14.6. The van der Waals surface area contributed by atoms with Gasteiger partial charge in [0.2, 0.25) is 5.91 Å². The molecule has 0 aromatic heterocycles. The smallest absolute Gasteiger partial charge is 0.258 e. The quantitative estimate of drug-likeness (QED) is 0.420. The van der Waals surface area contributed by atoms with Crippen LogP contribution in [0.15, 0.2) is 54.6 Å². The summed E-state index contributed by atoms with van der Waals surface area (Å²) >= 11 is 0. The molecule has 2 aliphatic rings. The van der Waals surface area contributed by atoms with Crippen molar-refractivity contribution in [2.24, 2.45) is 5.92 Å². The Morgan fingerprint density at radius 2 is 1.59 bits per heavy atom. The second-order valence-corrected chi connectivity index (χ2v) is 7.41. The van der Waals surface area contributed by atoms with Crippen molar-refractivity contribution in [3.05, 3.63) is 60.2 Å². The third-order valence-electron chi connectivity index (χ3n) is 6.00. The number of nitrogens with zero attached hydrogens (tertiary/aromatic N) is 1. The molecule has 2 heterocycles. The first-order chi connectivity index (χ1) is 13.1. The molecule has 1 N–H and O–H groups in total. The number of hydrogen-bond donors (Lipinski definition) is 1. The molecule has 0 bridgehead atoms. The van der Waals surface area contributed by atoms with Crippen molar-refractivity contribution >= 4 is 44.1 Å². The zero-order valence-corrected chi connectivity index (χ0v) is 14.6. The lowest BCUT2D eigenvalue weighted by molar-refractivity contribution is -0.162. The second kappa shape index (κ2) is 5.03. The Morgan fingerprint density at radius 3 is 2.41 bits per heavy atom. The van der Waals surface area contributed by atoms with Crippen molar-refractivity contribution < 1.29 is 14.4 Å². The van der Waals surface area contributed by atoms with E-state index in [1.54, 1.807) is 12.1 Å². The molecular formula is C22H16N2O3. The van der Waals surface area contributed by atoms with E-state index in [2.05, 4.69) is 53.8 Å².